The average molecular weight is 259 g/mol. The molecule has 0 aliphatic carbocycles. The molecule has 1 aromatic carbocycles. The lowest BCUT2D eigenvalue weighted by Crippen LogP contribution is -1.96. The fraction of sp³-hybridized carbons (Fsp3) is 0.286. The molecule has 1 aromatic heterocycles. The Hall–Kier alpha value is -2.30. The SMILES string of the molecule is CCCOc1ccc(Oc2cncc(NC)n2)cc1. The summed E-state index contributed by atoms with van der Waals surface area (Å²) in [6, 6.07) is 7.44. The van der Waals surface area contributed by atoms with Crippen LogP contribution in [0.4, 0.5) is 5.82 Å². The molecular weight excluding hydrogens is 242 g/mol. The van der Waals surface area contributed by atoms with Gasteiger partial charge < -0.3 is 14.8 Å². The molecule has 0 bridgehead atoms. The van der Waals surface area contributed by atoms with Gasteiger partial charge in [-0.15, -0.1) is 0 Å². The monoisotopic (exact) mass is 259 g/mol. The van der Waals surface area contributed by atoms with Gasteiger partial charge in [-0.25, -0.2) is 0 Å². The molecule has 2 rings (SSSR count). The third kappa shape index (κ3) is 3.84. The zero-order chi connectivity index (χ0) is 13.5. The quantitative estimate of drug-likeness (QED) is 0.863. The Morgan fingerprint density at radius 2 is 1.84 bits per heavy atom. The molecule has 19 heavy (non-hydrogen) atoms. The summed E-state index contributed by atoms with van der Waals surface area (Å²) in [6.45, 7) is 2.79. The summed E-state index contributed by atoms with van der Waals surface area (Å²) in [4.78, 5) is 8.27. The minimum atomic E-state index is 0.453. The third-order valence-corrected chi connectivity index (χ3v) is 2.39. The summed E-state index contributed by atoms with van der Waals surface area (Å²) in [7, 11) is 1.79. The first kappa shape index (κ1) is 13.1. The Morgan fingerprint density at radius 1 is 1.11 bits per heavy atom. The molecule has 0 saturated heterocycles. The molecule has 0 fully saturated rings. The van der Waals surface area contributed by atoms with Gasteiger partial charge in [-0.05, 0) is 30.7 Å². The first-order valence-electron chi connectivity index (χ1n) is 6.22. The van der Waals surface area contributed by atoms with Gasteiger partial charge in [0.2, 0.25) is 5.88 Å². The van der Waals surface area contributed by atoms with Crippen molar-refractivity contribution in [2.24, 2.45) is 0 Å². The van der Waals surface area contributed by atoms with Crippen molar-refractivity contribution in [2.45, 2.75) is 13.3 Å². The number of nitrogens with one attached hydrogen (secondary N) is 1. The second kappa shape index (κ2) is 6.58. The van der Waals surface area contributed by atoms with Gasteiger partial charge in [0.15, 0.2) is 0 Å². The van der Waals surface area contributed by atoms with Crippen molar-refractivity contribution in [1.29, 1.82) is 0 Å². The second-order valence-electron chi connectivity index (χ2n) is 3.91. The first-order valence-corrected chi connectivity index (χ1v) is 6.22. The number of rotatable bonds is 6. The predicted molar refractivity (Wildman–Crippen MR) is 73.9 cm³/mol. The Morgan fingerprint density at radius 3 is 2.53 bits per heavy atom. The number of aromatic nitrogens is 2. The molecule has 0 aliphatic rings. The molecule has 0 amide bonds. The molecule has 1 heterocycles. The molecule has 0 radical (unpaired) electrons. The van der Waals surface area contributed by atoms with Gasteiger partial charge in [0.05, 0.1) is 19.0 Å². The van der Waals surface area contributed by atoms with E-state index in [1.807, 2.05) is 24.3 Å². The van der Waals surface area contributed by atoms with Crippen LogP contribution in [0.5, 0.6) is 17.4 Å². The number of hydrogen-bond donors (Lipinski definition) is 1. The highest BCUT2D eigenvalue weighted by molar-refractivity contribution is 5.36. The van der Waals surface area contributed by atoms with Gasteiger partial charge in [0, 0.05) is 7.05 Å². The standard InChI is InChI=1S/C14H17N3O2/c1-3-8-18-11-4-6-12(7-5-11)19-14-10-16-9-13(15-2)17-14/h4-7,9-10H,3,8H2,1-2H3,(H,15,17). The van der Waals surface area contributed by atoms with Gasteiger partial charge in [-0.2, -0.15) is 4.98 Å². The van der Waals surface area contributed by atoms with Gasteiger partial charge in [0.1, 0.15) is 17.3 Å². The van der Waals surface area contributed by atoms with Gasteiger partial charge in [-0.1, -0.05) is 6.92 Å². The van der Waals surface area contributed by atoms with Crippen molar-refractivity contribution in [1.82, 2.24) is 9.97 Å². The van der Waals surface area contributed by atoms with Crippen molar-refractivity contribution in [2.75, 3.05) is 19.0 Å². The van der Waals surface area contributed by atoms with Crippen molar-refractivity contribution in [3.05, 3.63) is 36.7 Å². The van der Waals surface area contributed by atoms with Crippen LogP contribution < -0.4 is 14.8 Å². The normalized spacial score (nSPS) is 10.0. The van der Waals surface area contributed by atoms with Crippen LogP contribution in [0, 0.1) is 0 Å². The van der Waals surface area contributed by atoms with Crippen LogP contribution in [0.2, 0.25) is 0 Å². The lowest BCUT2D eigenvalue weighted by Gasteiger charge is -2.07. The van der Waals surface area contributed by atoms with Gasteiger partial charge in [-0.3, -0.25) is 4.98 Å². The van der Waals surface area contributed by atoms with Crippen LogP contribution >= 0.6 is 0 Å². The molecule has 0 saturated carbocycles. The summed E-state index contributed by atoms with van der Waals surface area (Å²) in [6.07, 6.45) is 4.20. The van der Waals surface area contributed by atoms with Crippen molar-refractivity contribution < 1.29 is 9.47 Å². The summed E-state index contributed by atoms with van der Waals surface area (Å²) in [5, 5.41) is 2.91. The van der Waals surface area contributed by atoms with Crippen LogP contribution in [0.1, 0.15) is 13.3 Å². The maximum absolute atomic E-state index is 5.61. The Balaban J connectivity index is 2.02. The van der Waals surface area contributed by atoms with E-state index in [9.17, 15) is 0 Å². The van der Waals surface area contributed by atoms with E-state index in [1.54, 1.807) is 19.4 Å². The molecule has 100 valence electrons. The number of ether oxygens (including phenoxy) is 2. The van der Waals surface area contributed by atoms with Crippen molar-refractivity contribution >= 4 is 5.82 Å². The molecule has 2 aromatic rings. The topological polar surface area (TPSA) is 56.3 Å². The summed E-state index contributed by atoms with van der Waals surface area (Å²) >= 11 is 0. The van der Waals surface area contributed by atoms with E-state index in [2.05, 4.69) is 22.2 Å². The Kier molecular flexibility index (Phi) is 4.55. The molecule has 5 nitrogen and oxygen atoms in total. The molecule has 0 aliphatic heterocycles. The predicted octanol–water partition coefficient (Wildman–Crippen LogP) is 3.10. The molecule has 0 atom stereocenters. The van der Waals surface area contributed by atoms with Crippen LogP contribution in [-0.4, -0.2) is 23.6 Å². The molecule has 0 spiro atoms. The van der Waals surface area contributed by atoms with Crippen LogP contribution in [0.3, 0.4) is 0 Å². The van der Waals surface area contributed by atoms with E-state index >= 15 is 0 Å². The zero-order valence-corrected chi connectivity index (χ0v) is 11.1. The van der Waals surface area contributed by atoms with Gasteiger partial charge in [0.25, 0.3) is 0 Å². The number of benzene rings is 1. The van der Waals surface area contributed by atoms with E-state index < -0.39 is 0 Å². The minimum Gasteiger partial charge on any atom is -0.494 e. The lowest BCUT2D eigenvalue weighted by molar-refractivity contribution is 0.317. The Labute approximate surface area is 112 Å². The zero-order valence-electron chi connectivity index (χ0n) is 11.1. The molecular formula is C14H17N3O2. The highest BCUT2D eigenvalue weighted by Crippen LogP contribution is 2.22. The average Bonchev–Trinajstić information content (AvgIpc) is 2.47. The minimum absolute atomic E-state index is 0.453. The van der Waals surface area contributed by atoms with E-state index in [0.717, 1.165) is 18.8 Å². The highest BCUT2D eigenvalue weighted by atomic mass is 16.5. The number of nitrogens with zero attached hydrogens (tertiary/aromatic N) is 2. The third-order valence-electron chi connectivity index (χ3n) is 2.39. The second-order valence-corrected chi connectivity index (χ2v) is 3.91. The fourth-order valence-electron chi connectivity index (χ4n) is 1.46. The summed E-state index contributed by atoms with van der Waals surface area (Å²) in [5.41, 5.74) is 0. The highest BCUT2D eigenvalue weighted by Gasteiger charge is 2.01. The van der Waals surface area contributed by atoms with E-state index in [4.69, 9.17) is 9.47 Å². The summed E-state index contributed by atoms with van der Waals surface area (Å²) < 4.78 is 11.1. The molecule has 1 N–H and O–H groups in total. The lowest BCUT2D eigenvalue weighted by atomic mass is 10.3. The molecule has 5 heteroatoms. The van der Waals surface area contributed by atoms with Gasteiger partial charge >= 0.3 is 0 Å². The number of hydrogen-bond acceptors (Lipinski definition) is 5. The van der Waals surface area contributed by atoms with Crippen molar-refractivity contribution in [3.63, 3.8) is 0 Å². The maximum Gasteiger partial charge on any atom is 0.239 e. The van der Waals surface area contributed by atoms with Crippen molar-refractivity contribution in [3.8, 4) is 17.4 Å². The smallest absolute Gasteiger partial charge is 0.239 e. The molecule has 0 unspecified atom stereocenters. The largest absolute Gasteiger partial charge is 0.494 e. The van der Waals surface area contributed by atoms with Crippen LogP contribution in [0.25, 0.3) is 0 Å². The van der Waals surface area contributed by atoms with E-state index in [0.29, 0.717) is 17.4 Å². The number of anilines is 1. The Bertz CT molecular complexity index is 514. The maximum atomic E-state index is 5.61. The van der Waals surface area contributed by atoms with E-state index in [1.165, 1.54) is 0 Å². The van der Waals surface area contributed by atoms with Crippen LogP contribution in [0.15, 0.2) is 36.7 Å². The fourth-order valence-corrected chi connectivity index (χ4v) is 1.46. The van der Waals surface area contributed by atoms with Crippen LogP contribution in [-0.2, 0) is 0 Å². The summed E-state index contributed by atoms with van der Waals surface area (Å²) in [5.74, 6) is 2.66. The van der Waals surface area contributed by atoms with E-state index in [-0.39, 0.29) is 0 Å². The first-order chi connectivity index (χ1) is 9.31.